The van der Waals surface area contributed by atoms with Crippen molar-refractivity contribution in [3.05, 3.63) is 18.2 Å². The van der Waals surface area contributed by atoms with Crippen LogP contribution in [0.4, 0.5) is 0 Å². The lowest BCUT2D eigenvalue weighted by Crippen LogP contribution is -2.41. The van der Waals surface area contributed by atoms with Crippen LogP contribution in [0.2, 0.25) is 0 Å². The van der Waals surface area contributed by atoms with Gasteiger partial charge < -0.3 is 0 Å². The molecule has 0 aromatic carbocycles. The minimum atomic E-state index is 0.620. The van der Waals surface area contributed by atoms with Gasteiger partial charge in [-0.1, -0.05) is 175 Å². The third kappa shape index (κ3) is 19.8. The molecule has 0 spiro atoms. The molecule has 1 rings (SSSR count). The highest BCUT2D eigenvalue weighted by Gasteiger charge is 2.24. The van der Waals surface area contributed by atoms with Crippen LogP contribution in [0.3, 0.4) is 0 Å². The van der Waals surface area contributed by atoms with Crippen LogP contribution < -0.4 is 4.57 Å². The molecule has 230 valence electrons. The largest absolute Gasteiger partial charge is 0.257 e. The highest BCUT2D eigenvalue weighted by molar-refractivity contribution is 4.89. The quantitative estimate of drug-likeness (QED) is 0.0732. The Morgan fingerprint density at radius 3 is 1.26 bits per heavy atom. The number of unbranched alkanes of at least 4 members (excludes halogenated alkanes) is 23. The summed E-state index contributed by atoms with van der Waals surface area (Å²) in [6, 6.07) is 0.620. The standard InChI is InChI=1S/C37H72N2/c1-5-8-10-12-14-16-18-19-20-22-23-25-27-29-31-35(4)39-34-33-38-37(39)36(7-3)32-30-28-26-24-21-17-15-13-11-9-6-2/h33-36H,5-32H2,1-4H3/p+1. The SMILES string of the molecule is CCCCCCCCCCCCCCCCC(C)[n+]1cc[nH]c1C(CC)CCCCCCCCCCCCC. The number of nitrogens with one attached hydrogen (secondary N) is 1. The van der Waals surface area contributed by atoms with E-state index in [-0.39, 0.29) is 0 Å². The van der Waals surface area contributed by atoms with E-state index in [9.17, 15) is 0 Å². The summed E-state index contributed by atoms with van der Waals surface area (Å²) in [6.07, 6.45) is 44.4. The zero-order chi connectivity index (χ0) is 28.2. The molecule has 0 bridgehead atoms. The van der Waals surface area contributed by atoms with Gasteiger partial charge in [0.25, 0.3) is 5.82 Å². The zero-order valence-corrected chi connectivity index (χ0v) is 27.6. The van der Waals surface area contributed by atoms with Gasteiger partial charge in [-0.05, 0) is 32.6 Å². The number of hydrogen-bond acceptors (Lipinski definition) is 0. The molecule has 0 amide bonds. The predicted molar refractivity (Wildman–Crippen MR) is 175 cm³/mol. The van der Waals surface area contributed by atoms with Crippen molar-refractivity contribution in [3.8, 4) is 0 Å². The van der Waals surface area contributed by atoms with Crippen LogP contribution >= 0.6 is 0 Å². The van der Waals surface area contributed by atoms with Crippen molar-refractivity contribution in [2.75, 3.05) is 0 Å². The number of nitrogens with zero attached hydrogens (tertiary/aromatic N) is 1. The van der Waals surface area contributed by atoms with E-state index in [0.717, 1.165) is 0 Å². The number of rotatable bonds is 30. The monoisotopic (exact) mass is 546 g/mol. The minimum absolute atomic E-state index is 0.620. The summed E-state index contributed by atoms with van der Waals surface area (Å²) in [7, 11) is 0. The van der Waals surface area contributed by atoms with E-state index < -0.39 is 0 Å². The van der Waals surface area contributed by atoms with E-state index >= 15 is 0 Å². The molecule has 1 N–H and O–H groups in total. The second-order valence-corrected chi connectivity index (χ2v) is 12.9. The molecule has 1 aromatic heterocycles. The Labute approximate surface area is 246 Å². The van der Waals surface area contributed by atoms with Gasteiger partial charge in [-0.25, -0.2) is 9.55 Å². The van der Waals surface area contributed by atoms with Crippen molar-refractivity contribution in [3.63, 3.8) is 0 Å². The van der Waals surface area contributed by atoms with Crippen molar-refractivity contribution in [2.24, 2.45) is 0 Å². The highest BCUT2D eigenvalue weighted by Crippen LogP contribution is 2.24. The van der Waals surface area contributed by atoms with Crippen molar-refractivity contribution in [2.45, 2.75) is 219 Å². The van der Waals surface area contributed by atoms with E-state index in [1.807, 2.05) is 0 Å². The van der Waals surface area contributed by atoms with Gasteiger partial charge in [0.1, 0.15) is 12.4 Å². The Kier molecular flexibility index (Phi) is 25.4. The van der Waals surface area contributed by atoms with E-state index in [1.165, 1.54) is 186 Å². The summed E-state index contributed by atoms with van der Waals surface area (Å²) in [5.41, 5.74) is 0. The molecule has 1 heterocycles. The van der Waals surface area contributed by atoms with Crippen molar-refractivity contribution in [1.29, 1.82) is 0 Å². The number of imidazole rings is 1. The molecule has 2 unspecified atom stereocenters. The molecule has 2 nitrogen and oxygen atoms in total. The first-order valence-corrected chi connectivity index (χ1v) is 18.3. The number of aromatic amines is 1. The molecule has 0 fully saturated rings. The summed E-state index contributed by atoms with van der Waals surface area (Å²) in [5.74, 6) is 2.18. The molecule has 2 atom stereocenters. The van der Waals surface area contributed by atoms with E-state index in [0.29, 0.717) is 12.0 Å². The fourth-order valence-electron chi connectivity index (χ4n) is 6.43. The van der Waals surface area contributed by atoms with Crippen LogP contribution in [0.25, 0.3) is 0 Å². The third-order valence-corrected chi connectivity index (χ3v) is 9.23. The lowest BCUT2D eigenvalue weighted by molar-refractivity contribution is -0.727. The van der Waals surface area contributed by atoms with Gasteiger partial charge >= 0.3 is 0 Å². The van der Waals surface area contributed by atoms with Crippen molar-refractivity contribution in [1.82, 2.24) is 4.98 Å². The van der Waals surface area contributed by atoms with Crippen molar-refractivity contribution < 1.29 is 4.57 Å². The summed E-state index contributed by atoms with van der Waals surface area (Å²) < 4.78 is 2.58. The molecule has 0 aliphatic heterocycles. The first kappa shape index (κ1) is 36.2. The van der Waals surface area contributed by atoms with Gasteiger partial charge in [-0.2, -0.15) is 0 Å². The molecule has 1 aromatic rings. The second kappa shape index (κ2) is 27.4. The molecule has 0 aliphatic carbocycles. The van der Waals surface area contributed by atoms with Crippen LogP contribution in [0.1, 0.15) is 225 Å². The third-order valence-electron chi connectivity index (χ3n) is 9.23. The van der Waals surface area contributed by atoms with Crippen LogP contribution in [-0.4, -0.2) is 4.98 Å². The summed E-state index contributed by atoms with van der Waals surface area (Å²) in [6.45, 7) is 9.43. The van der Waals surface area contributed by atoms with Gasteiger partial charge in [0.05, 0.1) is 12.0 Å². The summed E-state index contributed by atoms with van der Waals surface area (Å²) in [5, 5.41) is 0. The molecular formula is C37H73N2+. The fraction of sp³-hybridized carbons (Fsp3) is 0.919. The first-order chi connectivity index (χ1) is 19.2. The summed E-state index contributed by atoms with van der Waals surface area (Å²) in [4.78, 5) is 3.64. The lowest BCUT2D eigenvalue weighted by Gasteiger charge is -2.16. The van der Waals surface area contributed by atoms with Gasteiger partial charge in [-0.15, -0.1) is 0 Å². The number of aromatic nitrogens is 2. The normalized spacial score (nSPS) is 13.2. The Morgan fingerprint density at radius 1 is 0.513 bits per heavy atom. The number of hydrogen-bond donors (Lipinski definition) is 1. The molecule has 0 radical (unpaired) electrons. The van der Waals surface area contributed by atoms with Crippen LogP contribution in [0.5, 0.6) is 0 Å². The maximum absolute atomic E-state index is 3.64. The first-order valence-electron chi connectivity index (χ1n) is 18.3. The Hall–Kier alpha value is -0.790. The highest BCUT2D eigenvalue weighted by atomic mass is 15.1. The van der Waals surface area contributed by atoms with Crippen LogP contribution in [0, 0.1) is 0 Å². The molecule has 39 heavy (non-hydrogen) atoms. The van der Waals surface area contributed by atoms with E-state index in [1.54, 1.807) is 0 Å². The minimum Gasteiger partial charge on any atom is -0.247 e. The maximum atomic E-state index is 3.64. The second-order valence-electron chi connectivity index (χ2n) is 12.9. The maximum Gasteiger partial charge on any atom is 0.257 e. The Balaban J connectivity index is 2.08. The van der Waals surface area contributed by atoms with Crippen LogP contribution in [0.15, 0.2) is 12.4 Å². The van der Waals surface area contributed by atoms with E-state index in [4.69, 9.17) is 0 Å². The lowest BCUT2D eigenvalue weighted by atomic mass is 9.96. The van der Waals surface area contributed by atoms with Crippen molar-refractivity contribution >= 4 is 0 Å². The van der Waals surface area contributed by atoms with Gasteiger partial charge in [-0.3, -0.25) is 0 Å². The zero-order valence-electron chi connectivity index (χ0n) is 27.6. The topological polar surface area (TPSA) is 19.7 Å². The molecule has 0 aliphatic rings. The molecular weight excluding hydrogens is 472 g/mol. The molecule has 2 heteroatoms. The smallest absolute Gasteiger partial charge is 0.247 e. The molecule has 0 saturated carbocycles. The van der Waals surface area contributed by atoms with Gasteiger partial charge in [0.15, 0.2) is 0 Å². The Morgan fingerprint density at radius 2 is 0.872 bits per heavy atom. The Bertz CT molecular complexity index is 606. The molecule has 0 saturated heterocycles. The van der Waals surface area contributed by atoms with E-state index in [2.05, 4.69) is 49.6 Å². The fourth-order valence-corrected chi connectivity index (χ4v) is 6.43. The average molecular weight is 546 g/mol. The number of H-pyrrole nitrogens is 1. The van der Waals surface area contributed by atoms with Gasteiger partial charge in [0.2, 0.25) is 0 Å². The average Bonchev–Trinajstić information content (AvgIpc) is 3.44. The van der Waals surface area contributed by atoms with Gasteiger partial charge in [0, 0.05) is 0 Å². The van der Waals surface area contributed by atoms with Crippen LogP contribution in [-0.2, 0) is 0 Å². The summed E-state index contributed by atoms with van der Waals surface area (Å²) >= 11 is 0. The predicted octanol–water partition coefficient (Wildman–Crippen LogP) is 12.9.